The van der Waals surface area contributed by atoms with E-state index in [1.165, 1.54) is 19.3 Å². The minimum atomic E-state index is 0.616. The number of hydrogen-bond acceptors (Lipinski definition) is 5. The van der Waals surface area contributed by atoms with E-state index in [1.54, 1.807) is 7.11 Å². The van der Waals surface area contributed by atoms with Crippen LogP contribution in [0.4, 0.5) is 5.69 Å². The van der Waals surface area contributed by atoms with Crippen LogP contribution in [0.3, 0.4) is 0 Å². The number of aromatic nitrogens is 4. The Morgan fingerprint density at radius 2 is 2.24 bits per heavy atom. The van der Waals surface area contributed by atoms with E-state index < -0.39 is 0 Å². The lowest BCUT2D eigenvalue weighted by molar-refractivity contribution is 0.411. The van der Waals surface area contributed by atoms with Gasteiger partial charge in [-0.2, -0.15) is 0 Å². The van der Waals surface area contributed by atoms with Crippen LogP contribution in [0.2, 0.25) is 0 Å². The molecule has 1 heterocycles. The quantitative estimate of drug-likeness (QED) is 0.873. The highest BCUT2D eigenvalue weighted by Crippen LogP contribution is 2.32. The van der Waals surface area contributed by atoms with Crippen LogP contribution in [0.1, 0.15) is 26.2 Å². The maximum Gasteiger partial charge on any atom is 0.182 e. The Morgan fingerprint density at radius 3 is 2.95 bits per heavy atom. The van der Waals surface area contributed by atoms with Gasteiger partial charge >= 0.3 is 0 Å². The topological polar surface area (TPSA) is 78.9 Å². The number of rotatable bonds is 4. The molecule has 112 valence electrons. The molecule has 0 bridgehead atoms. The summed E-state index contributed by atoms with van der Waals surface area (Å²) in [6.45, 7) is 3.19. The van der Waals surface area contributed by atoms with Gasteiger partial charge in [0.2, 0.25) is 0 Å². The molecule has 21 heavy (non-hydrogen) atoms. The number of methoxy groups -OCH3 is 1. The highest BCUT2D eigenvalue weighted by molar-refractivity contribution is 5.65. The average molecular weight is 287 g/mol. The van der Waals surface area contributed by atoms with Crippen LogP contribution in [0, 0.1) is 11.8 Å². The fourth-order valence-corrected chi connectivity index (χ4v) is 3.12. The van der Waals surface area contributed by atoms with E-state index in [0.29, 0.717) is 17.4 Å². The Hall–Kier alpha value is -2.11. The standard InChI is InChI=1S/C15H21N5O/c1-10-3-4-11(7-10)9-20-15(17-18-19-20)12-5-6-13(16)14(8-12)21-2/h5-6,8,10-11H,3-4,7,9,16H2,1-2H3. The van der Waals surface area contributed by atoms with Gasteiger partial charge in [0.15, 0.2) is 5.82 Å². The molecule has 1 aromatic carbocycles. The Kier molecular flexibility index (Phi) is 3.77. The van der Waals surface area contributed by atoms with Gasteiger partial charge in [-0.25, -0.2) is 4.68 Å². The molecule has 0 saturated heterocycles. The zero-order valence-electron chi connectivity index (χ0n) is 12.5. The largest absolute Gasteiger partial charge is 0.495 e. The third kappa shape index (κ3) is 2.84. The number of nitrogens with two attached hydrogens (primary N) is 1. The Morgan fingerprint density at radius 1 is 1.38 bits per heavy atom. The second-order valence-corrected chi connectivity index (χ2v) is 5.93. The molecular weight excluding hydrogens is 266 g/mol. The molecule has 1 saturated carbocycles. The zero-order valence-corrected chi connectivity index (χ0v) is 12.5. The van der Waals surface area contributed by atoms with Crippen molar-refractivity contribution in [3.8, 4) is 17.1 Å². The third-order valence-electron chi connectivity index (χ3n) is 4.26. The van der Waals surface area contributed by atoms with Crippen molar-refractivity contribution in [2.24, 2.45) is 11.8 Å². The van der Waals surface area contributed by atoms with Crippen molar-refractivity contribution in [1.82, 2.24) is 20.2 Å². The molecule has 0 aliphatic heterocycles. The summed E-state index contributed by atoms with van der Waals surface area (Å²) in [5.74, 6) is 2.90. The predicted octanol–water partition coefficient (Wildman–Crippen LogP) is 2.37. The number of benzene rings is 1. The first-order chi connectivity index (χ1) is 10.2. The summed E-state index contributed by atoms with van der Waals surface area (Å²) >= 11 is 0. The van der Waals surface area contributed by atoms with E-state index in [0.717, 1.165) is 23.9 Å². The van der Waals surface area contributed by atoms with Gasteiger partial charge in [0.1, 0.15) is 5.75 Å². The fraction of sp³-hybridized carbons (Fsp3) is 0.533. The summed E-state index contributed by atoms with van der Waals surface area (Å²) in [5.41, 5.74) is 7.40. The van der Waals surface area contributed by atoms with Crippen LogP contribution in [-0.2, 0) is 6.54 Å². The van der Waals surface area contributed by atoms with E-state index in [9.17, 15) is 0 Å². The van der Waals surface area contributed by atoms with E-state index in [4.69, 9.17) is 10.5 Å². The fourth-order valence-electron chi connectivity index (χ4n) is 3.12. The first-order valence-corrected chi connectivity index (χ1v) is 7.37. The number of tetrazole rings is 1. The molecule has 0 spiro atoms. The molecule has 3 rings (SSSR count). The first-order valence-electron chi connectivity index (χ1n) is 7.37. The number of anilines is 1. The SMILES string of the molecule is COc1cc(-c2nnnn2CC2CCC(C)C2)ccc1N. The summed E-state index contributed by atoms with van der Waals surface area (Å²) in [6.07, 6.45) is 3.81. The summed E-state index contributed by atoms with van der Waals surface area (Å²) in [4.78, 5) is 0. The minimum Gasteiger partial charge on any atom is -0.495 e. The van der Waals surface area contributed by atoms with Crippen molar-refractivity contribution in [2.75, 3.05) is 12.8 Å². The molecule has 0 radical (unpaired) electrons. The lowest BCUT2D eigenvalue weighted by Gasteiger charge is -2.11. The number of hydrogen-bond donors (Lipinski definition) is 1. The normalized spacial score (nSPS) is 21.6. The van der Waals surface area contributed by atoms with Gasteiger partial charge < -0.3 is 10.5 Å². The van der Waals surface area contributed by atoms with Crippen molar-refractivity contribution in [2.45, 2.75) is 32.7 Å². The van der Waals surface area contributed by atoms with E-state index in [2.05, 4.69) is 22.4 Å². The predicted molar refractivity (Wildman–Crippen MR) is 80.7 cm³/mol. The molecule has 2 N–H and O–H groups in total. The maximum atomic E-state index is 5.86. The smallest absolute Gasteiger partial charge is 0.182 e. The van der Waals surface area contributed by atoms with Gasteiger partial charge in [0.25, 0.3) is 0 Å². The minimum absolute atomic E-state index is 0.616. The summed E-state index contributed by atoms with van der Waals surface area (Å²) in [5, 5.41) is 12.1. The van der Waals surface area contributed by atoms with Crippen molar-refractivity contribution < 1.29 is 4.74 Å². The molecule has 2 atom stereocenters. The van der Waals surface area contributed by atoms with Gasteiger partial charge in [0, 0.05) is 12.1 Å². The number of nitrogen functional groups attached to an aromatic ring is 1. The lowest BCUT2D eigenvalue weighted by Crippen LogP contribution is -2.11. The molecule has 2 aromatic rings. The molecule has 1 aliphatic carbocycles. The van der Waals surface area contributed by atoms with Crippen LogP contribution in [0.5, 0.6) is 5.75 Å². The van der Waals surface area contributed by atoms with Crippen LogP contribution in [-0.4, -0.2) is 27.3 Å². The molecule has 1 aliphatic rings. The lowest BCUT2D eigenvalue weighted by atomic mass is 10.1. The van der Waals surface area contributed by atoms with E-state index >= 15 is 0 Å². The Bertz CT molecular complexity index is 624. The molecule has 1 aromatic heterocycles. The van der Waals surface area contributed by atoms with Crippen molar-refractivity contribution in [3.63, 3.8) is 0 Å². The number of ether oxygens (including phenoxy) is 1. The number of nitrogens with zero attached hydrogens (tertiary/aromatic N) is 4. The Balaban J connectivity index is 1.85. The van der Waals surface area contributed by atoms with Crippen LogP contribution in [0.15, 0.2) is 18.2 Å². The van der Waals surface area contributed by atoms with Crippen LogP contribution >= 0.6 is 0 Å². The highest BCUT2D eigenvalue weighted by atomic mass is 16.5. The second-order valence-electron chi connectivity index (χ2n) is 5.93. The van der Waals surface area contributed by atoms with Gasteiger partial charge in [-0.05, 0) is 53.3 Å². The van der Waals surface area contributed by atoms with Gasteiger partial charge in [-0.3, -0.25) is 0 Å². The summed E-state index contributed by atoms with van der Waals surface area (Å²) in [6, 6.07) is 5.64. The van der Waals surface area contributed by atoms with Crippen molar-refractivity contribution in [3.05, 3.63) is 18.2 Å². The van der Waals surface area contributed by atoms with Gasteiger partial charge in [0.05, 0.1) is 12.8 Å². The highest BCUT2D eigenvalue weighted by Gasteiger charge is 2.23. The van der Waals surface area contributed by atoms with Crippen molar-refractivity contribution in [1.29, 1.82) is 0 Å². The van der Waals surface area contributed by atoms with Gasteiger partial charge in [-0.1, -0.05) is 13.3 Å². The van der Waals surface area contributed by atoms with Crippen molar-refractivity contribution >= 4 is 5.69 Å². The van der Waals surface area contributed by atoms with E-state index in [1.807, 2.05) is 22.9 Å². The molecular formula is C15H21N5O. The van der Waals surface area contributed by atoms with Crippen LogP contribution in [0.25, 0.3) is 11.4 Å². The average Bonchev–Trinajstić information content (AvgIpc) is 3.09. The third-order valence-corrected chi connectivity index (χ3v) is 4.26. The summed E-state index contributed by atoms with van der Waals surface area (Å²) in [7, 11) is 1.61. The monoisotopic (exact) mass is 287 g/mol. The van der Waals surface area contributed by atoms with E-state index in [-0.39, 0.29) is 0 Å². The Labute approximate surface area is 124 Å². The zero-order chi connectivity index (χ0) is 14.8. The molecule has 1 fully saturated rings. The molecule has 6 nitrogen and oxygen atoms in total. The first kappa shape index (κ1) is 13.9. The second kappa shape index (κ2) is 5.71. The van der Waals surface area contributed by atoms with Gasteiger partial charge in [-0.15, -0.1) is 5.10 Å². The molecule has 6 heteroatoms. The summed E-state index contributed by atoms with van der Waals surface area (Å²) < 4.78 is 7.16. The van der Waals surface area contributed by atoms with Crippen LogP contribution < -0.4 is 10.5 Å². The maximum absolute atomic E-state index is 5.86. The molecule has 0 amide bonds. The molecule has 2 unspecified atom stereocenters.